The van der Waals surface area contributed by atoms with Crippen LogP contribution in [-0.4, -0.2) is 38.3 Å². The molecule has 1 amide bonds. The number of nitrogens with one attached hydrogen (secondary N) is 1. The van der Waals surface area contributed by atoms with Gasteiger partial charge in [0.15, 0.2) is 6.61 Å². The zero-order valence-corrected chi connectivity index (χ0v) is 17.6. The lowest BCUT2D eigenvalue weighted by Crippen LogP contribution is -2.31. The molecular weight excluding hydrogens is 388 g/mol. The van der Waals surface area contributed by atoms with Gasteiger partial charge in [0.1, 0.15) is 5.75 Å². The van der Waals surface area contributed by atoms with E-state index in [1.165, 1.54) is 0 Å². The molecule has 1 N–H and O–H groups in total. The molecule has 2 aromatic rings. The average molecular weight is 417 g/mol. The summed E-state index contributed by atoms with van der Waals surface area (Å²) >= 11 is 0. The van der Waals surface area contributed by atoms with Crippen LogP contribution in [0.1, 0.15) is 38.2 Å². The predicted molar refractivity (Wildman–Crippen MR) is 114 cm³/mol. The molecule has 1 aliphatic heterocycles. The molecule has 0 saturated carbocycles. The van der Waals surface area contributed by atoms with Crippen molar-refractivity contribution in [1.29, 1.82) is 0 Å². The first-order chi connectivity index (χ1) is 14.0. The van der Waals surface area contributed by atoms with E-state index >= 15 is 0 Å². The summed E-state index contributed by atoms with van der Waals surface area (Å²) in [5.74, 6) is 0.200. The van der Waals surface area contributed by atoms with E-state index in [0.717, 1.165) is 43.4 Å². The minimum atomic E-state index is -3.48. The summed E-state index contributed by atoms with van der Waals surface area (Å²) in [6.07, 6.45) is 4.77. The van der Waals surface area contributed by atoms with Crippen molar-refractivity contribution in [3.8, 4) is 5.75 Å². The lowest BCUT2D eigenvalue weighted by molar-refractivity contribution is -0.118. The van der Waals surface area contributed by atoms with Crippen LogP contribution in [0.5, 0.6) is 5.75 Å². The number of amides is 1. The Morgan fingerprint density at radius 1 is 1.00 bits per heavy atom. The first-order valence-corrected chi connectivity index (χ1v) is 11.6. The van der Waals surface area contributed by atoms with Gasteiger partial charge in [-0.3, -0.25) is 4.79 Å². The van der Waals surface area contributed by atoms with Crippen molar-refractivity contribution in [3.05, 3.63) is 54.1 Å². The SMILES string of the molecule is CCc1ccccc1NC(=O)COc1ccc(S(=O)(=O)N2CCCCCC2)cc1. The van der Waals surface area contributed by atoms with E-state index in [9.17, 15) is 13.2 Å². The van der Waals surface area contributed by atoms with Crippen LogP contribution < -0.4 is 10.1 Å². The van der Waals surface area contributed by atoms with Crippen molar-refractivity contribution in [2.75, 3.05) is 25.0 Å². The summed E-state index contributed by atoms with van der Waals surface area (Å²) in [5, 5.41) is 2.85. The Labute approximate surface area is 172 Å². The number of anilines is 1. The van der Waals surface area contributed by atoms with Crippen LogP contribution in [0.15, 0.2) is 53.4 Å². The number of benzene rings is 2. The number of hydrogen-bond donors (Lipinski definition) is 1. The minimum absolute atomic E-state index is 0.143. The Morgan fingerprint density at radius 3 is 2.31 bits per heavy atom. The molecule has 0 aromatic heterocycles. The zero-order chi connectivity index (χ0) is 20.7. The molecule has 6 nitrogen and oxygen atoms in total. The molecule has 0 unspecified atom stereocenters. The predicted octanol–water partition coefficient (Wildman–Crippen LogP) is 3.83. The van der Waals surface area contributed by atoms with Crippen LogP contribution in [0.25, 0.3) is 0 Å². The molecule has 7 heteroatoms. The number of ether oxygens (including phenoxy) is 1. The maximum Gasteiger partial charge on any atom is 0.262 e. The molecular formula is C22H28N2O4S. The third-order valence-corrected chi connectivity index (χ3v) is 6.98. The van der Waals surface area contributed by atoms with Gasteiger partial charge in [0, 0.05) is 18.8 Å². The molecule has 156 valence electrons. The van der Waals surface area contributed by atoms with Crippen LogP contribution in [-0.2, 0) is 21.2 Å². The second-order valence-electron chi connectivity index (χ2n) is 7.14. The maximum absolute atomic E-state index is 12.8. The summed E-state index contributed by atoms with van der Waals surface area (Å²) in [4.78, 5) is 12.4. The summed E-state index contributed by atoms with van der Waals surface area (Å²) < 4.78 is 32.7. The Balaban J connectivity index is 1.58. The molecule has 1 heterocycles. The van der Waals surface area contributed by atoms with Gasteiger partial charge in [0.25, 0.3) is 5.91 Å². The Hall–Kier alpha value is -2.38. The van der Waals surface area contributed by atoms with Gasteiger partial charge in [-0.25, -0.2) is 8.42 Å². The number of para-hydroxylation sites is 1. The molecule has 1 saturated heterocycles. The standard InChI is InChI=1S/C22H28N2O4S/c1-2-18-9-5-6-10-21(18)23-22(25)17-28-19-11-13-20(14-12-19)29(26,27)24-15-7-3-4-8-16-24/h5-6,9-14H,2-4,7-8,15-17H2,1H3,(H,23,25). The average Bonchev–Trinajstić information content (AvgIpc) is 3.03. The Bertz CT molecular complexity index is 918. The van der Waals surface area contributed by atoms with Crippen molar-refractivity contribution in [3.63, 3.8) is 0 Å². The van der Waals surface area contributed by atoms with Crippen molar-refractivity contribution >= 4 is 21.6 Å². The highest BCUT2D eigenvalue weighted by atomic mass is 32.2. The molecule has 2 aromatic carbocycles. The van der Waals surface area contributed by atoms with E-state index in [1.54, 1.807) is 28.6 Å². The van der Waals surface area contributed by atoms with Gasteiger partial charge in [0.2, 0.25) is 10.0 Å². The summed E-state index contributed by atoms with van der Waals surface area (Å²) in [6, 6.07) is 13.9. The second kappa shape index (κ2) is 9.89. The molecule has 1 aliphatic rings. The van der Waals surface area contributed by atoms with Crippen molar-refractivity contribution < 1.29 is 17.9 Å². The molecule has 0 radical (unpaired) electrons. The van der Waals surface area contributed by atoms with Crippen LogP contribution >= 0.6 is 0 Å². The quantitative estimate of drug-likeness (QED) is 0.744. The molecule has 0 aliphatic carbocycles. The summed E-state index contributed by atoms with van der Waals surface area (Å²) in [5.41, 5.74) is 1.84. The van der Waals surface area contributed by atoms with Crippen LogP contribution in [0, 0.1) is 0 Å². The van der Waals surface area contributed by atoms with Crippen LogP contribution in [0.2, 0.25) is 0 Å². The number of nitrogens with zero attached hydrogens (tertiary/aromatic N) is 1. The Morgan fingerprint density at radius 2 is 1.66 bits per heavy atom. The van der Waals surface area contributed by atoms with Gasteiger partial charge < -0.3 is 10.1 Å². The van der Waals surface area contributed by atoms with Gasteiger partial charge >= 0.3 is 0 Å². The van der Waals surface area contributed by atoms with Gasteiger partial charge in [-0.05, 0) is 55.2 Å². The highest BCUT2D eigenvalue weighted by Gasteiger charge is 2.25. The summed E-state index contributed by atoms with van der Waals surface area (Å²) in [6.45, 7) is 3.03. The second-order valence-corrected chi connectivity index (χ2v) is 9.08. The van der Waals surface area contributed by atoms with Crippen molar-refractivity contribution in [2.24, 2.45) is 0 Å². The highest BCUT2D eigenvalue weighted by Crippen LogP contribution is 2.22. The number of carbonyl (C=O) groups is 1. The highest BCUT2D eigenvalue weighted by molar-refractivity contribution is 7.89. The lowest BCUT2D eigenvalue weighted by Gasteiger charge is -2.20. The molecule has 3 rings (SSSR count). The number of sulfonamides is 1. The van der Waals surface area contributed by atoms with Crippen LogP contribution in [0.3, 0.4) is 0 Å². The fourth-order valence-electron chi connectivity index (χ4n) is 3.42. The topological polar surface area (TPSA) is 75.7 Å². The van der Waals surface area contributed by atoms with Gasteiger partial charge in [0.05, 0.1) is 4.90 Å². The number of rotatable bonds is 7. The van der Waals surface area contributed by atoms with Gasteiger partial charge in [-0.1, -0.05) is 38.0 Å². The third kappa shape index (κ3) is 5.58. The number of hydrogen-bond acceptors (Lipinski definition) is 4. The van der Waals surface area contributed by atoms with E-state index in [1.807, 2.05) is 31.2 Å². The zero-order valence-electron chi connectivity index (χ0n) is 16.8. The molecule has 0 bridgehead atoms. The maximum atomic E-state index is 12.8. The molecule has 1 fully saturated rings. The third-order valence-electron chi connectivity index (χ3n) is 5.07. The molecule has 29 heavy (non-hydrogen) atoms. The summed E-state index contributed by atoms with van der Waals surface area (Å²) in [7, 11) is -3.48. The first kappa shape index (κ1) is 21.3. The largest absolute Gasteiger partial charge is 0.484 e. The van der Waals surface area contributed by atoms with E-state index in [2.05, 4.69) is 5.32 Å². The van der Waals surface area contributed by atoms with Crippen molar-refractivity contribution in [2.45, 2.75) is 43.9 Å². The first-order valence-electron chi connectivity index (χ1n) is 10.1. The van der Waals surface area contributed by atoms with Gasteiger partial charge in [-0.15, -0.1) is 0 Å². The van der Waals surface area contributed by atoms with E-state index < -0.39 is 10.0 Å². The normalized spacial score (nSPS) is 15.5. The minimum Gasteiger partial charge on any atom is -0.484 e. The number of carbonyl (C=O) groups excluding carboxylic acids is 1. The fourth-order valence-corrected chi connectivity index (χ4v) is 4.94. The van der Waals surface area contributed by atoms with Gasteiger partial charge in [-0.2, -0.15) is 4.31 Å². The van der Waals surface area contributed by atoms with E-state index in [4.69, 9.17) is 4.74 Å². The van der Waals surface area contributed by atoms with Crippen LogP contribution in [0.4, 0.5) is 5.69 Å². The Kier molecular flexibility index (Phi) is 7.28. The fraction of sp³-hybridized carbons (Fsp3) is 0.409. The lowest BCUT2D eigenvalue weighted by atomic mass is 10.1. The van der Waals surface area contributed by atoms with E-state index in [0.29, 0.717) is 18.8 Å². The monoisotopic (exact) mass is 416 g/mol. The van der Waals surface area contributed by atoms with Crippen molar-refractivity contribution in [1.82, 2.24) is 4.31 Å². The molecule has 0 spiro atoms. The molecule has 0 atom stereocenters. The smallest absolute Gasteiger partial charge is 0.262 e. The number of aryl methyl sites for hydroxylation is 1. The van der Waals surface area contributed by atoms with E-state index in [-0.39, 0.29) is 17.4 Å².